The van der Waals surface area contributed by atoms with E-state index >= 15 is 0 Å². The molecule has 0 saturated heterocycles. The molecule has 0 fully saturated rings. The number of rotatable bonds is 4. The molecule has 1 rings (SSSR count). The van der Waals surface area contributed by atoms with E-state index in [0.29, 0.717) is 17.9 Å². The van der Waals surface area contributed by atoms with Gasteiger partial charge in [0.1, 0.15) is 5.75 Å². The van der Waals surface area contributed by atoms with Crippen molar-refractivity contribution in [2.75, 3.05) is 12.4 Å². The molecule has 0 spiro atoms. The third-order valence-electron chi connectivity index (χ3n) is 2.41. The first-order valence-electron chi connectivity index (χ1n) is 5.94. The van der Waals surface area contributed by atoms with Crippen LogP contribution in [0.25, 0.3) is 0 Å². The van der Waals surface area contributed by atoms with Gasteiger partial charge in [-0.25, -0.2) is 4.79 Å². The van der Waals surface area contributed by atoms with Crippen molar-refractivity contribution in [3.05, 3.63) is 23.8 Å². The second kappa shape index (κ2) is 5.73. The number of carbonyl (C=O) groups excluding carboxylic acids is 1. The highest BCUT2D eigenvalue weighted by molar-refractivity contribution is 5.94. The topological polar surface area (TPSA) is 75.6 Å². The average Bonchev–Trinajstić information content (AvgIpc) is 2.26. The minimum atomic E-state index is -1.04. The molecule has 0 radical (unpaired) electrons. The first-order valence-corrected chi connectivity index (χ1v) is 5.94. The Morgan fingerprint density at radius 2 is 1.95 bits per heavy atom. The molecule has 1 amide bonds. The van der Waals surface area contributed by atoms with E-state index in [-0.39, 0.29) is 16.9 Å². The third-order valence-corrected chi connectivity index (χ3v) is 2.41. The Bertz CT molecular complexity index is 489. The van der Waals surface area contributed by atoms with Crippen LogP contribution in [0.1, 0.15) is 37.6 Å². The van der Waals surface area contributed by atoms with E-state index in [9.17, 15) is 9.59 Å². The second-order valence-electron chi connectivity index (χ2n) is 5.51. The maximum Gasteiger partial charge on any atom is 0.335 e. The fourth-order valence-corrected chi connectivity index (χ4v) is 1.60. The molecule has 0 bridgehead atoms. The molecular weight excluding hydrogens is 246 g/mol. The van der Waals surface area contributed by atoms with E-state index < -0.39 is 5.97 Å². The molecule has 0 aliphatic rings. The summed E-state index contributed by atoms with van der Waals surface area (Å²) in [5.41, 5.74) is 0.477. The molecule has 0 unspecified atom stereocenters. The number of hydrogen-bond acceptors (Lipinski definition) is 3. The van der Waals surface area contributed by atoms with Crippen LogP contribution in [0.4, 0.5) is 5.69 Å². The fraction of sp³-hybridized carbons (Fsp3) is 0.429. The highest BCUT2D eigenvalue weighted by atomic mass is 16.5. The molecule has 0 aliphatic heterocycles. The molecule has 0 saturated carbocycles. The maximum absolute atomic E-state index is 11.8. The molecule has 5 heteroatoms. The standard InChI is InChI=1S/C14H19NO4/c1-14(2,3)8-12(16)15-10-6-5-9(13(17)18)7-11(10)19-4/h5-7H,8H2,1-4H3,(H,15,16)(H,17,18). The number of carboxylic acid groups (broad SMARTS) is 1. The Labute approximate surface area is 112 Å². The van der Waals surface area contributed by atoms with E-state index in [2.05, 4.69) is 5.32 Å². The van der Waals surface area contributed by atoms with Crippen molar-refractivity contribution in [2.24, 2.45) is 5.41 Å². The second-order valence-corrected chi connectivity index (χ2v) is 5.51. The lowest BCUT2D eigenvalue weighted by molar-refractivity contribution is -0.117. The van der Waals surface area contributed by atoms with Gasteiger partial charge in [0.05, 0.1) is 18.4 Å². The van der Waals surface area contributed by atoms with Crippen LogP contribution in [0.3, 0.4) is 0 Å². The molecule has 5 nitrogen and oxygen atoms in total. The number of nitrogens with one attached hydrogen (secondary N) is 1. The summed E-state index contributed by atoms with van der Waals surface area (Å²) in [5, 5.41) is 11.6. The van der Waals surface area contributed by atoms with Gasteiger partial charge in [0.2, 0.25) is 5.91 Å². The minimum Gasteiger partial charge on any atom is -0.495 e. The molecule has 0 heterocycles. The molecule has 0 atom stereocenters. The number of anilines is 1. The van der Waals surface area contributed by atoms with Crippen LogP contribution in [0.5, 0.6) is 5.75 Å². The van der Waals surface area contributed by atoms with Gasteiger partial charge in [-0.1, -0.05) is 20.8 Å². The van der Waals surface area contributed by atoms with Crippen LogP contribution in [-0.4, -0.2) is 24.1 Å². The molecular formula is C14H19NO4. The largest absolute Gasteiger partial charge is 0.495 e. The third kappa shape index (κ3) is 4.62. The zero-order valence-electron chi connectivity index (χ0n) is 11.6. The van der Waals surface area contributed by atoms with Gasteiger partial charge in [-0.3, -0.25) is 4.79 Å². The number of methoxy groups -OCH3 is 1. The van der Waals surface area contributed by atoms with E-state index in [1.165, 1.54) is 25.3 Å². The Kier molecular flexibility index (Phi) is 4.53. The van der Waals surface area contributed by atoms with Crippen molar-refractivity contribution in [3.63, 3.8) is 0 Å². The first-order chi connectivity index (χ1) is 8.73. The highest BCUT2D eigenvalue weighted by Crippen LogP contribution is 2.27. The van der Waals surface area contributed by atoms with Crippen molar-refractivity contribution in [1.82, 2.24) is 0 Å². The van der Waals surface area contributed by atoms with Gasteiger partial charge in [0.25, 0.3) is 0 Å². The number of hydrogen-bond donors (Lipinski definition) is 2. The van der Waals surface area contributed by atoms with Crippen molar-refractivity contribution < 1.29 is 19.4 Å². The summed E-state index contributed by atoms with van der Waals surface area (Å²) >= 11 is 0. The quantitative estimate of drug-likeness (QED) is 0.877. The van der Waals surface area contributed by atoms with Crippen LogP contribution in [0.2, 0.25) is 0 Å². The summed E-state index contributed by atoms with van der Waals surface area (Å²) < 4.78 is 5.09. The molecule has 0 aromatic heterocycles. The Balaban J connectivity index is 2.89. The lowest BCUT2D eigenvalue weighted by atomic mass is 9.92. The minimum absolute atomic E-state index is 0.113. The normalized spacial score (nSPS) is 10.9. The van der Waals surface area contributed by atoms with Crippen LogP contribution < -0.4 is 10.1 Å². The Hall–Kier alpha value is -2.04. The average molecular weight is 265 g/mol. The van der Waals surface area contributed by atoms with Crippen LogP contribution >= 0.6 is 0 Å². The molecule has 2 N–H and O–H groups in total. The number of ether oxygens (including phenoxy) is 1. The molecule has 1 aromatic carbocycles. The van der Waals surface area contributed by atoms with E-state index in [1.807, 2.05) is 20.8 Å². The summed E-state index contributed by atoms with van der Waals surface area (Å²) in [4.78, 5) is 22.7. The van der Waals surface area contributed by atoms with E-state index in [4.69, 9.17) is 9.84 Å². The van der Waals surface area contributed by atoms with Gasteiger partial charge >= 0.3 is 5.97 Å². The van der Waals surface area contributed by atoms with Gasteiger partial charge in [-0.05, 0) is 23.6 Å². The number of carboxylic acids is 1. The maximum atomic E-state index is 11.8. The summed E-state index contributed by atoms with van der Waals surface area (Å²) in [7, 11) is 1.43. The van der Waals surface area contributed by atoms with Crippen LogP contribution in [0, 0.1) is 5.41 Å². The Morgan fingerprint density at radius 1 is 1.32 bits per heavy atom. The van der Waals surface area contributed by atoms with Gasteiger partial charge < -0.3 is 15.2 Å². The Morgan fingerprint density at radius 3 is 2.42 bits per heavy atom. The van der Waals surface area contributed by atoms with Gasteiger partial charge in [-0.2, -0.15) is 0 Å². The number of benzene rings is 1. The monoisotopic (exact) mass is 265 g/mol. The summed E-state index contributed by atoms with van der Waals surface area (Å²) in [6, 6.07) is 4.34. The predicted octanol–water partition coefficient (Wildman–Crippen LogP) is 2.77. The lowest BCUT2D eigenvalue weighted by Gasteiger charge is -2.18. The van der Waals surface area contributed by atoms with Crippen LogP contribution in [0.15, 0.2) is 18.2 Å². The fourth-order valence-electron chi connectivity index (χ4n) is 1.60. The van der Waals surface area contributed by atoms with Crippen molar-refractivity contribution in [2.45, 2.75) is 27.2 Å². The lowest BCUT2D eigenvalue weighted by Crippen LogP contribution is -2.20. The zero-order chi connectivity index (χ0) is 14.6. The molecule has 104 valence electrons. The summed E-state index contributed by atoms with van der Waals surface area (Å²) in [6.07, 6.45) is 0.372. The predicted molar refractivity (Wildman–Crippen MR) is 72.7 cm³/mol. The molecule has 1 aromatic rings. The van der Waals surface area contributed by atoms with E-state index in [1.54, 1.807) is 0 Å². The van der Waals surface area contributed by atoms with Crippen LogP contribution in [-0.2, 0) is 4.79 Å². The van der Waals surface area contributed by atoms with Crippen molar-refractivity contribution >= 4 is 17.6 Å². The molecule has 0 aliphatic carbocycles. The van der Waals surface area contributed by atoms with Gasteiger partial charge in [-0.15, -0.1) is 0 Å². The summed E-state index contributed by atoms with van der Waals surface area (Å²) in [5.74, 6) is -0.832. The first kappa shape index (κ1) is 15.0. The number of amides is 1. The van der Waals surface area contributed by atoms with Crippen molar-refractivity contribution in [3.8, 4) is 5.75 Å². The van der Waals surface area contributed by atoms with Gasteiger partial charge in [0.15, 0.2) is 0 Å². The molecule has 19 heavy (non-hydrogen) atoms. The van der Waals surface area contributed by atoms with E-state index in [0.717, 1.165) is 0 Å². The number of aromatic carboxylic acids is 1. The van der Waals surface area contributed by atoms with Crippen molar-refractivity contribution in [1.29, 1.82) is 0 Å². The zero-order valence-corrected chi connectivity index (χ0v) is 11.6. The SMILES string of the molecule is COc1cc(C(=O)O)ccc1NC(=O)CC(C)(C)C. The highest BCUT2D eigenvalue weighted by Gasteiger charge is 2.17. The summed E-state index contributed by atoms with van der Waals surface area (Å²) in [6.45, 7) is 5.91. The van der Waals surface area contributed by atoms with Gasteiger partial charge in [0, 0.05) is 6.42 Å². The number of carbonyl (C=O) groups is 2. The smallest absolute Gasteiger partial charge is 0.335 e.